The molecule has 1 fully saturated rings. The molecule has 0 radical (unpaired) electrons. The van der Waals surface area contributed by atoms with E-state index in [1.807, 2.05) is 35.4 Å². The Balaban J connectivity index is 1.34. The van der Waals surface area contributed by atoms with Crippen LogP contribution in [0.4, 0.5) is 5.82 Å². The highest BCUT2D eigenvalue weighted by molar-refractivity contribution is 7.13. The number of amides is 1. The van der Waals surface area contributed by atoms with Crippen LogP contribution in [0.15, 0.2) is 36.0 Å². The van der Waals surface area contributed by atoms with E-state index in [0.29, 0.717) is 19.5 Å². The van der Waals surface area contributed by atoms with Crippen LogP contribution in [0.1, 0.15) is 11.4 Å². The zero-order valence-electron chi connectivity index (χ0n) is 14.6. The van der Waals surface area contributed by atoms with Crippen LogP contribution in [0, 0.1) is 6.92 Å². The molecule has 134 valence electrons. The maximum atomic E-state index is 12.6. The van der Waals surface area contributed by atoms with Crippen molar-refractivity contribution in [1.29, 1.82) is 0 Å². The summed E-state index contributed by atoms with van der Waals surface area (Å²) in [5.74, 6) is 1.08. The number of nitrogens with one attached hydrogen (secondary N) is 1. The summed E-state index contributed by atoms with van der Waals surface area (Å²) in [5, 5.41) is 10.1. The third-order valence-electron chi connectivity index (χ3n) is 4.44. The highest BCUT2D eigenvalue weighted by Gasteiger charge is 2.23. The number of hydrogen-bond donors (Lipinski definition) is 1. The first-order chi connectivity index (χ1) is 12.7. The molecule has 4 rings (SSSR count). The summed E-state index contributed by atoms with van der Waals surface area (Å²) >= 11 is 1.55. The van der Waals surface area contributed by atoms with Gasteiger partial charge in [-0.15, -0.1) is 11.3 Å². The summed E-state index contributed by atoms with van der Waals surface area (Å²) < 4.78 is 0. The molecule has 0 spiro atoms. The Hall–Kier alpha value is -2.74. The van der Waals surface area contributed by atoms with Gasteiger partial charge in [0, 0.05) is 61.3 Å². The van der Waals surface area contributed by atoms with Gasteiger partial charge < -0.3 is 9.80 Å². The van der Waals surface area contributed by atoms with Gasteiger partial charge in [-0.1, -0.05) is 0 Å². The Labute approximate surface area is 155 Å². The SMILES string of the molecule is Cc1cc(N2CCN(C(=O)Cc3csc(-c4cccnc4)n3)CC2)n[nH]1. The van der Waals surface area contributed by atoms with Crippen molar-refractivity contribution in [3.63, 3.8) is 0 Å². The minimum Gasteiger partial charge on any atom is -0.352 e. The van der Waals surface area contributed by atoms with Crippen LogP contribution >= 0.6 is 11.3 Å². The molecular formula is C18H20N6OS. The molecule has 0 aliphatic carbocycles. The number of anilines is 1. The molecule has 0 unspecified atom stereocenters. The van der Waals surface area contributed by atoms with Crippen molar-refractivity contribution in [2.45, 2.75) is 13.3 Å². The van der Waals surface area contributed by atoms with E-state index in [9.17, 15) is 4.79 Å². The Bertz CT molecular complexity index is 882. The summed E-state index contributed by atoms with van der Waals surface area (Å²) in [4.78, 5) is 25.4. The molecule has 1 N–H and O–H groups in total. The number of hydrogen-bond acceptors (Lipinski definition) is 6. The summed E-state index contributed by atoms with van der Waals surface area (Å²) in [7, 11) is 0. The topological polar surface area (TPSA) is 78.0 Å². The van der Waals surface area contributed by atoms with E-state index in [-0.39, 0.29) is 5.91 Å². The molecule has 3 aromatic rings. The van der Waals surface area contributed by atoms with Crippen LogP contribution in [0.2, 0.25) is 0 Å². The number of carbonyl (C=O) groups excluding carboxylic acids is 1. The normalized spacial score (nSPS) is 14.7. The van der Waals surface area contributed by atoms with Crippen molar-refractivity contribution in [1.82, 2.24) is 25.1 Å². The molecule has 1 amide bonds. The zero-order chi connectivity index (χ0) is 17.9. The summed E-state index contributed by atoms with van der Waals surface area (Å²) in [6.07, 6.45) is 3.88. The molecule has 8 heteroatoms. The molecule has 26 heavy (non-hydrogen) atoms. The molecule has 0 atom stereocenters. The van der Waals surface area contributed by atoms with E-state index in [1.165, 1.54) is 0 Å². The van der Waals surface area contributed by atoms with Gasteiger partial charge in [0.15, 0.2) is 5.82 Å². The third kappa shape index (κ3) is 3.60. The second-order valence-electron chi connectivity index (χ2n) is 6.34. The fourth-order valence-corrected chi connectivity index (χ4v) is 3.84. The average molecular weight is 368 g/mol. The second-order valence-corrected chi connectivity index (χ2v) is 7.20. The number of piperazine rings is 1. The first-order valence-corrected chi connectivity index (χ1v) is 9.46. The number of thiazole rings is 1. The maximum absolute atomic E-state index is 12.6. The number of aromatic nitrogens is 4. The molecule has 1 aliphatic heterocycles. The van der Waals surface area contributed by atoms with Crippen molar-refractivity contribution in [3.05, 3.63) is 47.4 Å². The van der Waals surface area contributed by atoms with E-state index in [1.54, 1.807) is 23.7 Å². The highest BCUT2D eigenvalue weighted by Crippen LogP contribution is 2.23. The van der Waals surface area contributed by atoms with E-state index in [2.05, 4.69) is 25.1 Å². The van der Waals surface area contributed by atoms with Crippen molar-refractivity contribution in [3.8, 4) is 10.6 Å². The Kier molecular flexibility index (Phi) is 4.66. The lowest BCUT2D eigenvalue weighted by molar-refractivity contribution is -0.130. The molecule has 1 saturated heterocycles. The minimum atomic E-state index is 0.130. The van der Waals surface area contributed by atoms with Crippen LogP contribution < -0.4 is 4.90 Å². The number of rotatable bonds is 4. The van der Waals surface area contributed by atoms with Crippen molar-refractivity contribution in [2.75, 3.05) is 31.1 Å². The number of carbonyl (C=O) groups is 1. The standard InChI is InChI=1S/C18H20N6OS/c1-13-9-16(22-21-13)23-5-7-24(8-6-23)17(25)10-15-12-26-18(20-15)14-3-2-4-19-11-14/h2-4,9,11-12H,5-8,10H2,1H3,(H,21,22). The smallest absolute Gasteiger partial charge is 0.228 e. The first-order valence-electron chi connectivity index (χ1n) is 8.58. The summed E-state index contributed by atoms with van der Waals surface area (Å²) in [5.41, 5.74) is 2.86. The minimum absolute atomic E-state index is 0.130. The van der Waals surface area contributed by atoms with Crippen LogP contribution in [0.5, 0.6) is 0 Å². The van der Waals surface area contributed by atoms with Gasteiger partial charge in [0.2, 0.25) is 5.91 Å². The van der Waals surface area contributed by atoms with Crippen LogP contribution in [-0.4, -0.2) is 57.2 Å². The highest BCUT2D eigenvalue weighted by atomic mass is 32.1. The molecule has 0 aromatic carbocycles. The number of H-pyrrole nitrogens is 1. The molecule has 0 saturated carbocycles. The fourth-order valence-electron chi connectivity index (χ4n) is 3.03. The largest absolute Gasteiger partial charge is 0.352 e. The van der Waals surface area contributed by atoms with E-state index < -0.39 is 0 Å². The predicted molar refractivity (Wildman–Crippen MR) is 101 cm³/mol. The Morgan fingerprint density at radius 2 is 2.15 bits per heavy atom. The number of aryl methyl sites for hydroxylation is 1. The lowest BCUT2D eigenvalue weighted by Crippen LogP contribution is -2.49. The Morgan fingerprint density at radius 3 is 2.85 bits per heavy atom. The monoisotopic (exact) mass is 368 g/mol. The van der Waals surface area contributed by atoms with E-state index in [0.717, 1.165) is 40.9 Å². The fraction of sp³-hybridized carbons (Fsp3) is 0.333. The zero-order valence-corrected chi connectivity index (χ0v) is 15.4. The van der Waals surface area contributed by atoms with Gasteiger partial charge in [-0.05, 0) is 19.1 Å². The van der Waals surface area contributed by atoms with E-state index >= 15 is 0 Å². The van der Waals surface area contributed by atoms with Gasteiger partial charge in [0.25, 0.3) is 0 Å². The van der Waals surface area contributed by atoms with Gasteiger partial charge in [0.1, 0.15) is 5.01 Å². The van der Waals surface area contributed by atoms with Crippen molar-refractivity contribution < 1.29 is 4.79 Å². The van der Waals surface area contributed by atoms with Gasteiger partial charge >= 0.3 is 0 Å². The van der Waals surface area contributed by atoms with Crippen LogP contribution in [0.25, 0.3) is 10.6 Å². The second kappa shape index (κ2) is 7.25. The van der Waals surface area contributed by atoms with Crippen LogP contribution in [-0.2, 0) is 11.2 Å². The average Bonchev–Trinajstić information content (AvgIpc) is 3.32. The number of nitrogens with zero attached hydrogens (tertiary/aromatic N) is 5. The van der Waals surface area contributed by atoms with Gasteiger partial charge in [-0.25, -0.2) is 4.98 Å². The third-order valence-corrected chi connectivity index (χ3v) is 5.38. The lowest BCUT2D eigenvalue weighted by atomic mass is 10.2. The van der Waals surface area contributed by atoms with Gasteiger partial charge in [-0.2, -0.15) is 5.10 Å². The molecule has 3 aromatic heterocycles. The molecular weight excluding hydrogens is 348 g/mol. The maximum Gasteiger partial charge on any atom is 0.228 e. The molecule has 7 nitrogen and oxygen atoms in total. The summed E-state index contributed by atoms with van der Waals surface area (Å²) in [6, 6.07) is 5.90. The van der Waals surface area contributed by atoms with Gasteiger partial charge in [-0.3, -0.25) is 14.9 Å². The quantitative estimate of drug-likeness (QED) is 0.763. The summed E-state index contributed by atoms with van der Waals surface area (Å²) in [6.45, 7) is 5.01. The number of aromatic amines is 1. The molecule has 4 heterocycles. The Morgan fingerprint density at radius 1 is 1.31 bits per heavy atom. The molecule has 1 aliphatic rings. The van der Waals surface area contributed by atoms with E-state index in [4.69, 9.17) is 0 Å². The van der Waals surface area contributed by atoms with Gasteiger partial charge in [0.05, 0.1) is 12.1 Å². The van der Waals surface area contributed by atoms with Crippen molar-refractivity contribution in [2.24, 2.45) is 0 Å². The lowest BCUT2D eigenvalue weighted by Gasteiger charge is -2.34. The number of pyridine rings is 1. The van der Waals surface area contributed by atoms with Crippen LogP contribution in [0.3, 0.4) is 0 Å². The molecule has 0 bridgehead atoms. The first kappa shape index (κ1) is 16.7. The van der Waals surface area contributed by atoms with Crippen molar-refractivity contribution >= 4 is 23.1 Å². The predicted octanol–water partition coefficient (Wildman–Crippen LogP) is 2.13.